The third kappa shape index (κ3) is 4.30. The van der Waals surface area contributed by atoms with Gasteiger partial charge in [0.2, 0.25) is 0 Å². The molecule has 0 atom stereocenters. The van der Waals surface area contributed by atoms with Gasteiger partial charge in [0.15, 0.2) is 5.84 Å². The standard InChI is InChI=1S/C25H25Cl3N4O/c1-14(2)13-31-23(29-24(33)25(31,4)5)21-15(3)22(16-6-8-17(26)9-7-16)32(30-21)20-11-10-18(27)12-19(20)28/h6-12,14H,13H2,1-5H3. The second kappa shape index (κ2) is 8.79. The quantitative estimate of drug-likeness (QED) is 0.383. The number of amides is 1. The van der Waals surface area contributed by atoms with Crippen LogP contribution < -0.4 is 0 Å². The van der Waals surface area contributed by atoms with E-state index < -0.39 is 5.54 Å². The van der Waals surface area contributed by atoms with E-state index in [9.17, 15) is 4.79 Å². The van der Waals surface area contributed by atoms with Gasteiger partial charge in [-0.2, -0.15) is 10.1 Å². The molecule has 8 heteroatoms. The van der Waals surface area contributed by atoms with Crippen LogP contribution in [0.5, 0.6) is 0 Å². The summed E-state index contributed by atoms with van der Waals surface area (Å²) < 4.78 is 1.79. The van der Waals surface area contributed by atoms with Crippen molar-refractivity contribution in [2.75, 3.05) is 6.54 Å². The highest BCUT2D eigenvalue weighted by atomic mass is 35.5. The zero-order chi connectivity index (χ0) is 24.1. The van der Waals surface area contributed by atoms with Gasteiger partial charge in [-0.1, -0.05) is 60.8 Å². The minimum atomic E-state index is -0.742. The van der Waals surface area contributed by atoms with Gasteiger partial charge in [-0.25, -0.2) is 4.68 Å². The van der Waals surface area contributed by atoms with E-state index in [2.05, 4.69) is 23.7 Å². The number of carbonyl (C=O) groups excluding carboxylic acids is 1. The van der Waals surface area contributed by atoms with Crippen molar-refractivity contribution in [1.29, 1.82) is 0 Å². The molecule has 172 valence electrons. The average Bonchev–Trinajstić information content (AvgIpc) is 3.17. The van der Waals surface area contributed by atoms with E-state index in [0.717, 1.165) is 16.8 Å². The number of nitrogens with zero attached hydrogens (tertiary/aromatic N) is 4. The van der Waals surface area contributed by atoms with Crippen LogP contribution in [0.25, 0.3) is 16.9 Å². The molecule has 33 heavy (non-hydrogen) atoms. The highest BCUT2D eigenvalue weighted by Crippen LogP contribution is 2.36. The van der Waals surface area contributed by atoms with Crippen LogP contribution >= 0.6 is 34.8 Å². The van der Waals surface area contributed by atoms with Crippen LogP contribution in [-0.2, 0) is 4.79 Å². The Morgan fingerprint density at radius 2 is 1.64 bits per heavy atom. The predicted molar refractivity (Wildman–Crippen MR) is 136 cm³/mol. The number of hydrogen-bond acceptors (Lipinski definition) is 3. The molecule has 0 bridgehead atoms. The number of benzene rings is 2. The monoisotopic (exact) mass is 502 g/mol. The van der Waals surface area contributed by atoms with Gasteiger partial charge in [-0.15, -0.1) is 0 Å². The SMILES string of the molecule is Cc1c(C2=NC(=O)C(C)(C)N2CC(C)C)nn(-c2ccc(Cl)cc2Cl)c1-c1ccc(Cl)cc1. The fourth-order valence-electron chi connectivity index (χ4n) is 4.02. The summed E-state index contributed by atoms with van der Waals surface area (Å²) >= 11 is 18.9. The molecule has 4 rings (SSSR count). The molecule has 0 spiro atoms. The molecule has 0 saturated heterocycles. The molecule has 0 radical (unpaired) electrons. The molecule has 2 heterocycles. The largest absolute Gasteiger partial charge is 0.340 e. The Hall–Kier alpha value is -2.34. The third-order valence-electron chi connectivity index (χ3n) is 5.80. The van der Waals surface area contributed by atoms with Crippen LogP contribution in [0.1, 0.15) is 39.0 Å². The van der Waals surface area contributed by atoms with E-state index in [-0.39, 0.29) is 5.91 Å². The summed E-state index contributed by atoms with van der Waals surface area (Å²) in [6.07, 6.45) is 0. The summed E-state index contributed by atoms with van der Waals surface area (Å²) in [4.78, 5) is 19.3. The van der Waals surface area contributed by atoms with Crippen molar-refractivity contribution in [1.82, 2.24) is 14.7 Å². The number of amidine groups is 1. The van der Waals surface area contributed by atoms with Crippen LogP contribution in [0, 0.1) is 12.8 Å². The summed E-state index contributed by atoms with van der Waals surface area (Å²) in [6, 6.07) is 12.8. The van der Waals surface area contributed by atoms with Crippen molar-refractivity contribution in [3.05, 3.63) is 68.8 Å². The molecule has 5 nitrogen and oxygen atoms in total. The van der Waals surface area contributed by atoms with E-state index in [1.807, 2.05) is 51.1 Å². The summed E-state index contributed by atoms with van der Waals surface area (Å²) in [5.74, 6) is 0.740. The number of aromatic nitrogens is 2. The molecule has 0 fully saturated rings. The van der Waals surface area contributed by atoms with Crippen molar-refractivity contribution in [3.8, 4) is 16.9 Å². The molecule has 1 aliphatic rings. The zero-order valence-electron chi connectivity index (χ0n) is 19.2. The van der Waals surface area contributed by atoms with Gasteiger partial charge in [0.1, 0.15) is 11.2 Å². The van der Waals surface area contributed by atoms with Crippen molar-refractivity contribution in [2.45, 2.75) is 40.2 Å². The first kappa shape index (κ1) is 23.8. The average molecular weight is 504 g/mol. The molecule has 0 saturated carbocycles. The van der Waals surface area contributed by atoms with Crippen molar-refractivity contribution in [2.24, 2.45) is 10.9 Å². The van der Waals surface area contributed by atoms with Gasteiger partial charge in [-0.3, -0.25) is 4.79 Å². The third-order valence-corrected chi connectivity index (χ3v) is 6.59. The summed E-state index contributed by atoms with van der Waals surface area (Å²) in [5, 5.41) is 6.59. The lowest BCUT2D eigenvalue weighted by Crippen LogP contribution is -2.48. The lowest BCUT2D eigenvalue weighted by molar-refractivity contribution is -0.124. The Morgan fingerprint density at radius 3 is 2.24 bits per heavy atom. The van der Waals surface area contributed by atoms with Gasteiger partial charge in [0.05, 0.1) is 16.4 Å². The molecule has 0 aliphatic carbocycles. The highest BCUT2D eigenvalue weighted by molar-refractivity contribution is 6.35. The van der Waals surface area contributed by atoms with Crippen LogP contribution in [0.4, 0.5) is 0 Å². The summed E-state index contributed by atoms with van der Waals surface area (Å²) in [5.41, 5.74) is 3.23. The Labute approximate surface area is 209 Å². The predicted octanol–water partition coefficient (Wildman–Crippen LogP) is 6.83. The first-order valence-corrected chi connectivity index (χ1v) is 11.9. The van der Waals surface area contributed by atoms with E-state index in [1.54, 1.807) is 16.8 Å². The highest BCUT2D eigenvalue weighted by Gasteiger charge is 2.44. The number of aliphatic imine (C=N–C) groups is 1. The second-order valence-electron chi connectivity index (χ2n) is 9.14. The Bertz CT molecular complexity index is 1260. The van der Waals surface area contributed by atoms with Crippen molar-refractivity contribution in [3.63, 3.8) is 0 Å². The lowest BCUT2D eigenvalue weighted by atomic mass is 10.0. The smallest absolute Gasteiger partial charge is 0.273 e. The first-order chi connectivity index (χ1) is 15.5. The van der Waals surface area contributed by atoms with Gasteiger partial charge in [0, 0.05) is 27.7 Å². The van der Waals surface area contributed by atoms with Gasteiger partial charge < -0.3 is 4.90 Å². The van der Waals surface area contributed by atoms with Crippen LogP contribution in [0.3, 0.4) is 0 Å². The Morgan fingerprint density at radius 1 is 1.00 bits per heavy atom. The summed E-state index contributed by atoms with van der Waals surface area (Å²) in [7, 11) is 0. The Balaban J connectivity index is 1.97. The fourth-order valence-corrected chi connectivity index (χ4v) is 4.63. The molecule has 1 aromatic heterocycles. The summed E-state index contributed by atoms with van der Waals surface area (Å²) in [6.45, 7) is 10.7. The maximum atomic E-state index is 12.8. The van der Waals surface area contributed by atoms with Crippen molar-refractivity contribution >= 4 is 46.5 Å². The molecule has 3 aromatic rings. The number of rotatable bonds is 5. The maximum Gasteiger partial charge on any atom is 0.273 e. The minimum absolute atomic E-state index is 0.176. The van der Waals surface area contributed by atoms with Crippen LogP contribution in [0.15, 0.2) is 47.5 Å². The first-order valence-electron chi connectivity index (χ1n) is 10.7. The van der Waals surface area contributed by atoms with E-state index >= 15 is 0 Å². The van der Waals surface area contributed by atoms with E-state index in [0.29, 0.717) is 44.7 Å². The molecule has 1 amide bonds. The van der Waals surface area contributed by atoms with Gasteiger partial charge in [0.25, 0.3) is 5.91 Å². The zero-order valence-corrected chi connectivity index (χ0v) is 21.4. The van der Waals surface area contributed by atoms with Gasteiger partial charge in [-0.05, 0) is 57.0 Å². The fraction of sp³-hybridized carbons (Fsp3) is 0.320. The van der Waals surface area contributed by atoms with Crippen LogP contribution in [-0.4, -0.2) is 38.5 Å². The molecular weight excluding hydrogens is 479 g/mol. The molecule has 1 aliphatic heterocycles. The minimum Gasteiger partial charge on any atom is -0.340 e. The lowest BCUT2D eigenvalue weighted by Gasteiger charge is -2.33. The normalized spacial score (nSPS) is 15.5. The second-order valence-corrected chi connectivity index (χ2v) is 10.4. The number of carbonyl (C=O) groups is 1. The number of hydrogen-bond donors (Lipinski definition) is 0. The topological polar surface area (TPSA) is 50.5 Å². The maximum absolute atomic E-state index is 12.8. The molecule has 0 N–H and O–H groups in total. The van der Waals surface area contributed by atoms with E-state index in [1.165, 1.54) is 0 Å². The van der Waals surface area contributed by atoms with Crippen molar-refractivity contribution < 1.29 is 4.79 Å². The van der Waals surface area contributed by atoms with Gasteiger partial charge >= 0.3 is 0 Å². The Kier molecular flexibility index (Phi) is 6.34. The molecular formula is C25H25Cl3N4O. The molecule has 2 aromatic carbocycles. The number of halogens is 3. The molecule has 0 unspecified atom stereocenters. The van der Waals surface area contributed by atoms with E-state index in [4.69, 9.17) is 39.9 Å². The van der Waals surface area contributed by atoms with Crippen LogP contribution in [0.2, 0.25) is 15.1 Å².